The number of non-ortho nitro benzene ring substituents is 1. The Morgan fingerprint density at radius 3 is 2.68 bits per heavy atom. The first-order valence-corrected chi connectivity index (χ1v) is 8.38. The molecule has 0 atom stereocenters. The molecule has 0 aromatic heterocycles. The minimum absolute atomic E-state index is 0.00596. The summed E-state index contributed by atoms with van der Waals surface area (Å²) in [6.45, 7) is 1.07. The molecule has 0 spiro atoms. The van der Waals surface area contributed by atoms with Crippen LogP contribution in [0, 0.1) is 10.1 Å². The number of likely N-dealkylation sites (N-methyl/N-ethyl adjacent to an activating group) is 1. The lowest BCUT2D eigenvalue weighted by Crippen LogP contribution is -2.40. The lowest BCUT2D eigenvalue weighted by Gasteiger charge is -2.32. The molecule has 130 valence electrons. The summed E-state index contributed by atoms with van der Waals surface area (Å²) in [6.07, 6.45) is 1.93. The Morgan fingerprint density at radius 2 is 2.00 bits per heavy atom. The molecule has 1 amide bonds. The molecule has 2 aromatic rings. The number of halogens is 1. The number of benzene rings is 2. The van der Waals surface area contributed by atoms with Crippen molar-refractivity contribution in [2.45, 2.75) is 12.8 Å². The second-order valence-corrected chi connectivity index (χ2v) is 6.46. The van der Waals surface area contributed by atoms with Crippen molar-refractivity contribution < 1.29 is 9.72 Å². The van der Waals surface area contributed by atoms with Crippen molar-refractivity contribution in [3.8, 4) is 0 Å². The van der Waals surface area contributed by atoms with Crippen LogP contribution in [-0.2, 0) is 11.2 Å². The van der Waals surface area contributed by atoms with E-state index in [1.165, 1.54) is 17.0 Å². The lowest BCUT2D eigenvalue weighted by molar-refractivity contribution is -0.384. The van der Waals surface area contributed by atoms with Crippen LogP contribution in [0.15, 0.2) is 42.5 Å². The average molecular weight is 360 g/mol. The van der Waals surface area contributed by atoms with Gasteiger partial charge in [0.1, 0.15) is 0 Å². The molecule has 0 fully saturated rings. The maximum atomic E-state index is 12.6. The number of amides is 1. The van der Waals surface area contributed by atoms with E-state index in [0.29, 0.717) is 10.7 Å². The van der Waals surface area contributed by atoms with E-state index in [2.05, 4.69) is 4.90 Å². The summed E-state index contributed by atoms with van der Waals surface area (Å²) in [5.41, 5.74) is 2.83. The average Bonchev–Trinajstić information content (AvgIpc) is 2.61. The molecule has 1 aliphatic rings. The van der Waals surface area contributed by atoms with Gasteiger partial charge in [-0.25, -0.2) is 0 Å². The Balaban J connectivity index is 1.73. The Morgan fingerprint density at radius 1 is 1.28 bits per heavy atom. The van der Waals surface area contributed by atoms with E-state index in [9.17, 15) is 14.9 Å². The van der Waals surface area contributed by atoms with E-state index < -0.39 is 4.92 Å². The molecule has 1 aliphatic heterocycles. The largest absolute Gasteiger partial charge is 0.362 e. The highest BCUT2D eigenvalue weighted by atomic mass is 35.5. The summed E-state index contributed by atoms with van der Waals surface area (Å²) in [5, 5.41) is 11.4. The number of rotatable bonds is 4. The number of hydrogen-bond acceptors (Lipinski definition) is 4. The Labute approximate surface area is 150 Å². The van der Waals surface area contributed by atoms with Crippen molar-refractivity contribution >= 4 is 34.6 Å². The number of anilines is 2. The van der Waals surface area contributed by atoms with Crippen LogP contribution in [0.25, 0.3) is 0 Å². The van der Waals surface area contributed by atoms with Gasteiger partial charge in [0.05, 0.1) is 11.5 Å². The first kappa shape index (κ1) is 17.2. The van der Waals surface area contributed by atoms with Crippen molar-refractivity contribution in [1.82, 2.24) is 0 Å². The fraction of sp³-hybridized carbons (Fsp3) is 0.278. The van der Waals surface area contributed by atoms with Gasteiger partial charge in [0.2, 0.25) is 5.91 Å². The SMILES string of the molecule is CN(C(=O)CN1CCCc2cc(Cl)ccc21)c1ccc([N+](=O)[O-])cc1. The number of nitrogens with zero attached hydrogens (tertiary/aromatic N) is 3. The topological polar surface area (TPSA) is 66.7 Å². The molecule has 25 heavy (non-hydrogen) atoms. The summed E-state index contributed by atoms with van der Waals surface area (Å²) < 4.78 is 0. The van der Waals surface area contributed by atoms with E-state index in [1.807, 2.05) is 18.2 Å². The van der Waals surface area contributed by atoms with Gasteiger partial charge in [-0.3, -0.25) is 14.9 Å². The Bertz CT molecular complexity index is 808. The third kappa shape index (κ3) is 3.74. The fourth-order valence-corrected chi connectivity index (χ4v) is 3.21. The van der Waals surface area contributed by atoms with Crippen molar-refractivity contribution in [3.05, 3.63) is 63.2 Å². The number of nitro benzene ring substituents is 1. The van der Waals surface area contributed by atoms with Gasteiger partial charge in [-0.15, -0.1) is 0 Å². The van der Waals surface area contributed by atoms with Crippen LogP contribution in [0.1, 0.15) is 12.0 Å². The highest BCUT2D eigenvalue weighted by Crippen LogP contribution is 2.29. The highest BCUT2D eigenvalue weighted by Gasteiger charge is 2.21. The molecule has 0 radical (unpaired) electrons. The molecule has 0 saturated carbocycles. The van der Waals surface area contributed by atoms with E-state index >= 15 is 0 Å². The lowest BCUT2D eigenvalue weighted by atomic mass is 10.0. The van der Waals surface area contributed by atoms with E-state index in [1.54, 1.807) is 19.2 Å². The fourth-order valence-electron chi connectivity index (χ4n) is 3.02. The molecular formula is C18H18ClN3O3. The monoisotopic (exact) mass is 359 g/mol. The minimum Gasteiger partial charge on any atom is -0.362 e. The normalized spacial score (nSPS) is 13.3. The molecule has 2 aromatic carbocycles. The zero-order valence-corrected chi connectivity index (χ0v) is 14.6. The summed E-state index contributed by atoms with van der Waals surface area (Å²) >= 11 is 6.05. The first-order chi connectivity index (χ1) is 12.0. The van der Waals surface area contributed by atoms with E-state index in [4.69, 9.17) is 11.6 Å². The summed E-state index contributed by atoms with van der Waals surface area (Å²) in [4.78, 5) is 26.5. The third-order valence-corrected chi connectivity index (χ3v) is 4.64. The molecular weight excluding hydrogens is 342 g/mol. The second kappa shape index (κ2) is 7.11. The number of hydrogen-bond donors (Lipinski definition) is 0. The van der Waals surface area contributed by atoms with Crippen molar-refractivity contribution in [3.63, 3.8) is 0 Å². The maximum Gasteiger partial charge on any atom is 0.269 e. The van der Waals surface area contributed by atoms with Crippen LogP contribution in [0.5, 0.6) is 0 Å². The Hall–Kier alpha value is -2.60. The van der Waals surface area contributed by atoms with Gasteiger partial charge in [-0.05, 0) is 48.7 Å². The van der Waals surface area contributed by atoms with Gasteiger partial charge in [0.15, 0.2) is 0 Å². The van der Waals surface area contributed by atoms with Crippen molar-refractivity contribution in [1.29, 1.82) is 0 Å². The number of carbonyl (C=O) groups excluding carboxylic acids is 1. The molecule has 0 bridgehead atoms. The molecule has 7 heteroatoms. The zero-order valence-electron chi connectivity index (χ0n) is 13.8. The number of fused-ring (bicyclic) bond motifs is 1. The van der Waals surface area contributed by atoms with Crippen LogP contribution >= 0.6 is 11.6 Å². The van der Waals surface area contributed by atoms with Crippen molar-refractivity contribution in [2.75, 3.05) is 29.9 Å². The zero-order chi connectivity index (χ0) is 18.0. The summed E-state index contributed by atoms with van der Waals surface area (Å²) in [5.74, 6) is -0.0725. The third-order valence-electron chi connectivity index (χ3n) is 4.40. The molecule has 1 heterocycles. The summed E-state index contributed by atoms with van der Waals surface area (Å²) in [7, 11) is 1.68. The van der Waals surface area contributed by atoms with Crippen LogP contribution in [0.2, 0.25) is 5.02 Å². The van der Waals surface area contributed by atoms with Crippen LogP contribution in [0.4, 0.5) is 17.1 Å². The first-order valence-electron chi connectivity index (χ1n) is 8.00. The van der Waals surface area contributed by atoms with Crippen LogP contribution in [-0.4, -0.2) is 31.0 Å². The quantitative estimate of drug-likeness (QED) is 0.617. The number of nitro groups is 1. The standard InChI is InChI=1S/C18H18ClN3O3/c1-20(15-5-7-16(8-6-15)22(24)25)18(23)12-21-10-2-3-13-11-14(19)4-9-17(13)21/h4-9,11H,2-3,10,12H2,1H3. The van der Waals surface area contributed by atoms with E-state index in [-0.39, 0.29) is 18.1 Å². The van der Waals surface area contributed by atoms with Gasteiger partial charge in [-0.1, -0.05) is 11.6 Å². The molecule has 0 N–H and O–H groups in total. The smallest absolute Gasteiger partial charge is 0.269 e. The molecule has 0 saturated heterocycles. The summed E-state index contributed by atoms with van der Waals surface area (Å²) in [6, 6.07) is 11.7. The highest BCUT2D eigenvalue weighted by molar-refractivity contribution is 6.30. The minimum atomic E-state index is -0.457. The maximum absolute atomic E-state index is 12.6. The predicted molar refractivity (Wildman–Crippen MR) is 98.5 cm³/mol. The van der Waals surface area contributed by atoms with Gasteiger partial charge < -0.3 is 9.80 Å². The number of aryl methyl sites for hydroxylation is 1. The van der Waals surface area contributed by atoms with Crippen LogP contribution in [0.3, 0.4) is 0 Å². The molecule has 6 nitrogen and oxygen atoms in total. The van der Waals surface area contributed by atoms with Gasteiger partial charge in [0, 0.05) is 42.1 Å². The molecule has 0 unspecified atom stereocenters. The van der Waals surface area contributed by atoms with Gasteiger partial charge in [-0.2, -0.15) is 0 Å². The van der Waals surface area contributed by atoms with Gasteiger partial charge >= 0.3 is 0 Å². The molecule has 0 aliphatic carbocycles. The molecule has 3 rings (SSSR count). The van der Waals surface area contributed by atoms with Gasteiger partial charge in [0.25, 0.3) is 5.69 Å². The van der Waals surface area contributed by atoms with E-state index in [0.717, 1.165) is 30.6 Å². The van der Waals surface area contributed by atoms with Crippen LogP contribution < -0.4 is 9.80 Å². The Kier molecular flexibility index (Phi) is 4.90. The predicted octanol–water partition coefficient (Wildman–Crippen LogP) is 3.66. The number of carbonyl (C=O) groups is 1. The van der Waals surface area contributed by atoms with Crippen molar-refractivity contribution in [2.24, 2.45) is 0 Å². The second-order valence-electron chi connectivity index (χ2n) is 6.02.